The van der Waals surface area contributed by atoms with Crippen LogP contribution in [-0.2, 0) is 11.3 Å². The van der Waals surface area contributed by atoms with Crippen LogP contribution in [0.4, 0.5) is 0 Å². The van der Waals surface area contributed by atoms with E-state index in [-0.39, 0.29) is 12.5 Å². The number of amides is 1. The first-order chi connectivity index (χ1) is 12.5. The van der Waals surface area contributed by atoms with Crippen molar-refractivity contribution in [3.8, 4) is 11.4 Å². The Hall–Kier alpha value is -2.50. The summed E-state index contributed by atoms with van der Waals surface area (Å²) in [5, 5.41) is 5.22. The van der Waals surface area contributed by atoms with Crippen LogP contribution >= 0.6 is 23.2 Å². The lowest BCUT2D eigenvalue weighted by atomic mass is 10.3. The summed E-state index contributed by atoms with van der Waals surface area (Å²) >= 11 is 11.9. The van der Waals surface area contributed by atoms with Crippen molar-refractivity contribution in [1.29, 1.82) is 0 Å². The first-order valence-corrected chi connectivity index (χ1v) is 8.69. The summed E-state index contributed by atoms with van der Waals surface area (Å²) in [6.45, 7) is 0.327. The molecule has 0 atom stereocenters. The van der Waals surface area contributed by atoms with E-state index < -0.39 is 0 Å². The molecule has 0 radical (unpaired) electrons. The summed E-state index contributed by atoms with van der Waals surface area (Å²) in [7, 11) is 1.72. The van der Waals surface area contributed by atoms with Crippen LogP contribution in [0.3, 0.4) is 0 Å². The van der Waals surface area contributed by atoms with Crippen molar-refractivity contribution in [3.63, 3.8) is 0 Å². The third-order valence-electron chi connectivity index (χ3n) is 3.75. The van der Waals surface area contributed by atoms with E-state index in [0.29, 0.717) is 22.3 Å². The Kier molecular flexibility index (Phi) is 5.81. The normalized spacial score (nSPS) is 10.6. The van der Waals surface area contributed by atoms with Crippen molar-refractivity contribution >= 4 is 29.1 Å². The average Bonchev–Trinajstić information content (AvgIpc) is 3.10. The van der Waals surface area contributed by atoms with Crippen LogP contribution < -0.4 is 4.74 Å². The lowest BCUT2D eigenvalue weighted by Gasteiger charge is -2.17. The van der Waals surface area contributed by atoms with Gasteiger partial charge in [-0.25, -0.2) is 4.68 Å². The lowest BCUT2D eigenvalue weighted by molar-refractivity contribution is -0.132. The predicted molar refractivity (Wildman–Crippen MR) is 102 cm³/mol. The Balaban J connectivity index is 1.57. The number of benzene rings is 2. The van der Waals surface area contributed by atoms with Crippen molar-refractivity contribution in [2.75, 3.05) is 13.7 Å². The average molecular weight is 390 g/mol. The van der Waals surface area contributed by atoms with Crippen LogP contribution in [0, 0.1) is 0 Å². The van der Waals surface area contributed by atoms with Crippen molar-refractivity contribution in [2.45, 2.75) is 6.54 Å². The molecule has 0 fully saturated rings. The molecule has 0 unspecified atom stereocenters. The minimum Gasteiger partial charge on any atom is -0.482 e. The summed E-state index contributed by atoms with van der Waals surface area (Å²) in [6.07, 6.45) is 3.64. The molecule has 2 aromatic carbocycles. The van der Waals surface area contributed by atoms with Crippen LogP contribution in [-0.4, -0.2) is 34.2 Å². The molecule has 5 nitrogen and oxygen atoms in total. The van der Waals surface area contributed by atoms with Gasteiger partial charge in [0.25, 0.3) is 5.91 Å². The monoisotopic (exact) mass is 389 g/mol. The topological polar surface area (TPSA) is 47.4 Å². The molecule has 0 aliphatic heterocycles. The van der Waals surface area contributed by atoms with E-state index in [2.05, 4.69) is 5.10 Å². The van der Waals surface area contributed by atoms with E-state index >= 15 is 0 Å². The molecule has 1 amide bonds. The van der Waals surface area contributed by atoms with Crippen molar-refractivity contribution < 1.29 is 9.53 Å². The van der Waals surface area contributed by atoms with Gasteiger partial charge in [-0.3, -0.25) is 4.79 Å². The molecule has 1 aromatic heterocycles. The molecule has 0 bridgehead atoms. The summed E-state index contributed by atoms with van der Waals surface area (Å²) < 4.78 is 7.26. The highest BCUT2D eigenvalue weighted by Crippen LogP contribution is 2.27. The molecule has 0 aliphatic carbocycles. The standard InChI is InChI=1S/C19H17Cl2N3O2/c1-23(19(25)13-26-18-8-7-15(20)9-17(18)21)11-14-10-22-24(12-14)16-5-3-2-4-6-16/h2-10,12H,11,13H2,1H3. The van der Waals surface area contributed by atoms with Gasteiger partial charge in [0.15, 0.2) is 6.61 Å². The van der Waals surface area contributed by atoms with Crippen molar-refractivity contribution in [2.24, 2.45) is 0 Å². The molecule has 7 heteroatoms. The van der Waals surface area contributed by atoms with E-state index in [0.717, 1.165) is 11.3 Å². The highest BCUT2D eigenvalue weighted by molar-refractivity contribution is 6.35. The second-order valence-electron chi connectivity index (χ2n) is 5.74. The Morgan fingerprint density at radius 3 is 2.69 bits per heavy atom. The molecule has 0 saturated carbocycles. The number of carbonyl (C=O) groups is 1. The Bertz CT molecular complexity index is 897. The SMILES string of the molecule is CN(Cc1cnn(-c2ccccc2)c1)C(=O)COc1ccc(Cl)cc1Cl. The van der Waals surface area contributed by atoms with Gasteiger partial charge in [0.05, 0.1) is 16.9 Å². The van der Waals surface area contributed by atoms with Crippen LogP contribution in [0.5, 0.6) is 5.75 Å². The fraction of sp³-hybridized carbons (Fsp3) is 0.158. The molecule has 3 rings (SSSR count). The van der Waals surface area contributed by atoms with E-state index in [1.165, 1.54) is 0 Å². The summed E-state index contributed by atoms with van der Waals surface area (Å²) in [5.74, 6) is 0.262. The minimum absolute atomic E-state index is 0.106. The Labute approximate surface area is 161 Å². The van der Waals surface area contributed by atoms with Gasteiger partial charge < -0.3 is 9.64 Å². The molecule has 3 aromatic rings. The quantitative estimate of drug-likeness (QED) is 0.633. The fourth-order valence-corrected chi connectivity index (χ4v) is 2.83. The highest BCUT2D eigenvalue weighted by atomic mass is 35.5. The number of hydrogen-bond acceptors (Lipinski definition) is 3. The molecule has 0 aliphatic rings. The largest absolute Gasteiger partial charge is 0.482 e. The fourth-order valence-electron chi connectivity index (χ4n) is 2.37. The van der Waals surface area contributed by atoms with Crippen LogP contribution in [0.1, 0.15) is 5.56 Å². The second-order valence-corrected chi connectivity index (χ2v) is 6.59. The second kappa shape index (κ2) is 8.25. The number of likely N-dealkylation sites (N-methyl/N-ethyl adjacent to an activating group) is 1. The number of halogens is 2. The summed E-state index contributed by atoms with van der Waals surface area (Å²) in [6, 6.07) is 14.7. The summed E-state index contributed by atoms with van der Waals surface area (Å²) in [5.41, 5.74) is 1.89. The van der Waals surface area contributed by atoms with Gasteiger partial charge in [-0.1, -0.05) is 41.4 Å². The maximum atomic E-state index is 12.3. The van der Waals surface area contributed by atoms with Gasteiger partial charge in [-0.2, -0.15) is 5.10 Å². The number of ether oxygens (including phenoxy) is 1. The van der Waals surface area contributed by atoms with Crippen LogP contribution in [0.25, 0.3) is 5.69 Å². The maximum absolute atomic E-state index is 12.3. The molecule has 26 heavy (non-hydrogen) atoms. The Morgan fingerprint density at radius 1 is 1.19 bits per heavy atom. The number of nitrogens with zero attached hydrogens (tertiary/aromatic N) is 3. The predicted octanol–water partition coefficient (Wildman–Crippen LogP) is 4.22. The van der Waals surface area contributed by atoms with Gasteiger partial charge in [0.1, 0.15) is 5.75 Å². The van der Waals surface area contributed by atoms with Gasteiger partial charge in [-0.15, -0.1) is 0 Å². The molecule has 0 N–H and O–H groups in total. The first-order valence-electron chi connectivity index (χ1n) is 7.94. The molecule has 0 saturated heterocycles. The Morgan fingerprint density at radius 2 is 1.96 bits per heavy atom. The third kappa shape index (κ3) is 4.56. The van der Waals surface area contributed by atoms with Gasteiger partial charge in [0.2, 0.25) is 0 Å². The van der Waals surface area contributed by atoms with Gasteiger partial charge in [0, 0.05) is 30.4 Å². The van der Waals surface area contributed by atoms with E-state index in [4.69, 9.17) is 27.9 Å². The number of hydrogen-bond donors (Lipinski definition) is 0. The van der Waals surface area contributed by atoms with E-state index in [9.17, 15) is 4.79 Å². The maximum Gasteiger partial charge on any atom is 0.260 e. The van der Waals surface area contributed by atoms with Gasteiger partial charge >= 0.3 is 0 Å². The van der Waals surface area contributed by atoms with E-state index in [1.54, 1.807) is 41.0 Å². The molecule has 134 valence electrons. The van der Waals surface area contributed by atoms with E-state index in [1.807, 2.05) is 36.5 Å². The zero-order chi connectivity index (χ0) is 18.5. The number of para-hydroxylation sites is 1. The van der Waals surface area contributed by atoms with Crippen LogP contribution in [0.2, 0.25) is 10.0 Å². The van der Waals surface area contributed by atoms with Crippen molar-refractivity contribution in [3.05, 3.63) is 76.5 Å². The zero-order valence-electron chi connectivity index (χ0n) is 14.1. The number of carbonyl (C=O) groups excluding carboxylic acids is 1. The molecule has 1 heterocycles. The lowest BCUT2D eigenvalue weighted by Crippen LogP contribution is -2.30. The number of rotatable bonds is 6. The number of aromatic nitrogens is 2. The van der Waals surface area contributed by atoms with Crippen LogP contribution in [0.15, 0.2) is 60.9 Å². The minimum atomic E-state index is -0.163. The zero-order valence-corrected chi connectivity index (χ0v) is 15.6. The summed E-state index contributed by atoms with van der Waals surface area (Å²) in [4.78, 5) is 13.9. The molecular formula is C19H17Cl2N3O2. The third-order valence-corrected chi connectivity index (χ3v) is 4.28. The molecule has 0 spiro atoms. The first kappa shape index (κ1) is 18.3. The smallest absolute Gasteiger partial charge is 0.260 e. The van der Waals surface area contributed by atoms with Gasteiger partial charge in [-0.05, 0) is 30.3 Å². The molecular weight excluding hydrogens is 373 g/mol. The van der Waals surface area contributed by atoms with Crippen molar-refractivity contribution in [1.82, 2.24) is 14.7 Å². The highest BCUT2D eigenvalue weighted by Gasteiger charge is 2.13.